The number of para-hydroxylation sites is 1. The van der Waals surface area contributed by atoms with E-state index in [0.29, 0.717) is 15.1 Å². The van der Waals surface area contributed by atoms with Gasteiger partial charge in [0.25, 0.3) is 0 Å². The zero-order valence-electron chi connectivity index (χ0n) is 12.9. The molecule has 1 saturated heterocycles. The largest absolute Gasteiger partial charge is 0.275 e. The molecule has 0 N–H and O–H groups in total. The van der Waals surface area contributed by atoms with E-state index in [1.54, 1.807) is 0 Å². The van der Waals surface area contributed by atoms with Crippen LogP contribution in [0.2, 0.25) is 0 Å². The molecular weight excluding hydrogens is 411 g/mol. The minimum atomic E-state index is 0. The van der Waals surface area contributed by atoms with Crippen LogP contribution >= 0.6 is 36.7 Å². The van der Waals surface area contributed by atoms with Crippen molar-refractivity contribution >= 4 is 73.9 Å². The predicted molar refractivity (Wildman–Crippen MR) is 113 cm³/mol. The molecule has 0 spiro atoms. The molecule has 0 saturated carbocycles. The van der Waals surface area contributed by atoms with Crippen molar-refractivity contribution in [2.24, 2.45) is 0 Å². The predicted octanol–water partition coefficient (Wildman–Crippen LogP) is 5.10. The molecule has 1 fully saturated rings. The summed E-state index contributed by atoms with van der Waals surface area (Å²) in [4.78, 5) is 4.88. The van der Waals surface area contributed by atoms with Crippen LogP contribution in [-0.2, 0) is 16.5 Å². The van der Waals surface area contributed by atoms with E-state index in [4.69, 9.17) is 36.7 Å². The summed E-state index contributed by atoms with van der Waals surface area (Å²) in [7, 11) is 0. The number of rotatable bonds is 2. The van der Waals surface area contributed by atoms with Gasteiger partial charge in [-0.25, -0.2) is 0 Å². The van der Waals surface area contributed by atoms with Gasteiger partial charge in [0.05, 0.1) is 5.69 Å². The van der Waals surface area contributed by atoms with E-state index in [1.807, 2.05) is 64.4 Å². The molecule has 1 heterocycles. The van der Waals surface area contributed by atoms with Crippen molar-refractivity contribution in [1.82, 2.24) is 0 Å². The van der Waals surface area contributed by atoms with Gasteiger partial charge in [0, 0.05) is 27.6 Å². The van der Waals surface area contributed by atoms with Crippen molar-refractivity contribution < 1.29 is 16.5 Å². The Kier molecular flexibility index (Phi) is 5.25. The molecule has 0 amide bonds. The van der Waals surface area contributed by atoms with Crippen LogP contribution in [0.3, 0.4) is 0 Å². The topological polar surface area (TPSA) is 6.48 Å². The van der Waals surface area contributed by atoms with Gasteiger partial charge in [-0.15, -0.1) is 0 Å². The van der Waals surface area contributed by atoms with Gasteiger partial charge in [-0.05, 0) is 35.8 Å². The Bertz CT molecular complexity index is 983. The van der Waals surface area contributed by atoms with Crippen molar-refractivity contribution in [1.29, 1.82) is 0 Å². The molecule has 4 rings (SSSR count). The Labute approximate surface area is 172 Å². The molecule has 0 aliphatic carbocycles. The molecule has 25 heavy (non-hydrogen) atoms. The Morgan fingerprint density at radius 3 is 1.96 bits per heavy atom. The summed E-state index contributed by atoms with van der Waals surface area (Å²) in [6.45, 7) is 0. The van der Waals surface area contributed by atoms with Gasteiger partial charge < -0.3 is 0 Å². The van der Waals surface area contributed by atoms with Gasteiger partial charge >= 0.3 is 0 Å². The Balaban J connectivity index is 0.00000182. The quantitative estimate of drug-likeness (QED) is 0.417. The van der Waals surface area contributed by atoms with Gasteiger partial charge in [0.15, 0.2) is 5.11 Å². The van der Waals surface area contributed by atoms with Crippen LogP contribution in [0, 0.1) is 0 Å². The summed E-state index contributed by atoms with van der Waals surface area (Å²) in [6, 6.07) is 24.2. The van der Waals surface area contributed by atoms with E-state index in [9.17, 15) is 0 Å². The monoisotopic (exact) mass is 422 g/mol. The second-order valence-corrected chi connectivity index (χ2v) is 6.54. The minimum Gasteiger partial charge on any atom is -0.275 e. The third-order valence-electron chi connectivity index (χ3n) is 3.99. The van der Waals surface area contributed by atoms with Gasteiger partial charge in [-0.3, -0.25) is 9.80 Å². The van der Waals surface area contributed by atoms with Crippen molar-refractivity contribution in [2.75, 3.05) is 9.80 Å². The minimum absolute atomic E-state index is 0. The van der Waals surface area contributed by atoms with Crippen LogP contribution in [0.1, 0.15) is 0 Å². The smallest absolute Gasteiger partial charge is 0.191 e. The summed E-state index contributed by atoms with van der Waals surface area (Å²) in [5.74, 6) is 0. The van der Waals surface area contributed by atoms with Crippen molar-refractivity contribution in [2.45, 2.75) is 0 Å². The summed E-state index contributed by atoms with van der Waals surface area (Å²) in [6.07, 6.45) is 0. The standard InChI is InChI=1S/C19H12N2S3.Ni/c22-17-18(23)21(19(24)20(17)14-9-2-1-3-10-14)16-12-6-8-13-7-4-5-11-15(13)16;/h1-12H;. The maximum atomic E-state index is 5.72. The molecule has 3 aromatic carbocycles. The molecule has 1 aliphatic heterocycles. The van der Waals surface area contributed by atoms with E-state index in [1.165, 1.54) is 0 Å². The van der Waals surface area contributed by atoms with Crippen molar-refractivity contribution in [3.63, 3.8) is 0 Å². The second kappa shape index (κ2) is 7.26. The average molecular weight is 423 g/mol. The molecule has 0 atom stereocenters. The van der Waals surface area contributed by atoms with Crippen molar-refractivity contribution in [3.8, 4) is 0 Å². The Hall–Kier alpha value is -1.72. The molecule has 1 aliphatic rings. The first-order chi connectivity index (χ1) is 11.7. The summed E-state index contributed by atoms with van der Waals surface area (Å²) in [5.41, 5.74) is 1.89. The summed E-state index contributed by atoms with van der Waals surface area (Å²) >= 11 is 16.9. The van der Waals surface area contributed by atoms with Crippen LogP contribution in [0.25, 0.3) is 10.8 Å². The van der Waals surface area contributed by atoms with Gasteiger partial charge in [0.2, 0.25) is 0 Å². The second-order valence-electron chi connectivity index (χ2n) is 5.40. The number of anilines is 2. The molecule has 3 aromatic rings. The molecule has 0 bridgehead atoms. The first kappa shape index (κ1) is 18.1. The van der Waals surface area contributed by atoms with Gasteiger partial charge in [-0.1, -0.05) is 79.0 Å². The molecule has 6 heteroatoms. The molecule has 2 nitrogen and oxygen atoms in total. The SMILES string of the molecule is S=C1C(=S)N(c2cccc3ccccc23)C(=S)N1c1ccccc1.[Ni]. The first-order valence-corrected chi connectivity index (χ1v) is 8.66. The molecule has 0 radical (unpaired) electrons. The third kappa shape index (κ3) is 3.00. The number of benzene rings is 3. The number of fused-ring (bicyclic) bond motifs is 1. The van der Waals surface area contributed by atoms with Crippen LogP contribution in [0.5, 0.6) is 0 Å². The van der Waals surface area contributed by atoms with E-state index in [-0.39, 0.29) is 16.5 Å². The van der Waals surface area contributed by atoms with Crippen LogP contribution in [0.4, 0.5) is 11.4 Å². The van der Waals surface area contributed by atoms with Gasteiger partial charge in [0.1, 0.15) is 9.98 Å². The maximum absolute atomic E-state index is 5.72. The van der Waals surface area contributed by atoms with Gasteiger partial charge in [-0.2, -0.15) is 0 Å². The summed E-state index contributed by atoms with van der Waals surface area (Å²) in [5, 5.41) is 2.83. The number of hydrogen-bond acceptors (Lipinski definition) is 3. The first-order valence-electron chi connectivity index (χ1n) is 7.44. The van der Waals surface area contributed by atoms with E-state index >= 15 is 0 Å². The zero-order valence-corrected chi connectivity index (χ0v) is 16.3. The molecule has 0 aromatic heterocycles. The molecular formula is C19H12N2NiS3. The average Bonchev–Trinajstić information content (AvgIpc) is 2.84. The number of thiocarbonyl (C=S) groups is 3. The molecule has 126 valence electrons. The summed E-state index contributed by atoms with van der Waals surface area (Å²) < 4.78 is 0. The van der Waals surface area contributed by atoms with Crippen molar-refractivity contribution in [3.05, 3.63) is 72.8 Å². The number of hydrogen-bond donors (Lipinski definition) is 0. The third-order valence-corrected chi connectivity index (χ3v) is 5.24. The number of nitrogens with zero attached hydrogens (tertiary/aromatic N) is 2. The fourth-order valence-electron chi connectivity index (χ4n) is 2.89. The van der Waals surface area contributed by atoms with E-state index in [0.717, 1.165) is 22.1 Å². The normalized spacial score (nSPS) is 14.2. The molecule has 0 unspecified atom stereocenters. The maximum Gasteiger partial charge on any atom is 0.191 e. The van der Waals surface area contributed by atoms with Crippen LogP contribution in [0.15, 0.2) is 72.8 Å². The fourth-order valence-corrected chi connectivity index (χ4v) is 3.95. The zero-order chi connectivity index (χ0) is 16.7. The van der Waals surface area contributed by atoms with Crippen LogP contribution < -0.4 is 9.80 Å². The Morgan fingerprint density at radius 2 is 1.20 bits per heavy atom. The Morgan fingerprint density at radius 1 is 0.600 bits per heavy atom. The van der Waals surface area contributed by atoms with E-state index in [2.05, 4.69) is 18.2 Å². The van der Waals surface area contributed by atoms with E-state index < -0.39 is 0 Å². The fraction of sp³-hybridized carbons (Fsp3) is 0. The van der Waals surface area contributed by atoms with Crippen LogP contribution in [-0.4, -0.2) is 15.1 Å².